The van der Waals surface area contributed by atoms with Gasteiger partial charge in [0.25, 0.3) is 0 Å². The molecular weight excluding hydrogens is 324 g/mol. The molecule has 3 aliphatic rings. The van der Waals surface area contributed by atoms with Crippen LogP contribution in [0.5, 0.6) is 0 Å². The van der Waals surface area contributed by atoms with Crippen LogP contribution in [-0.2, 0) is 9.53 Å². The second-order valence-corrected chi connectivity index (χ2v) is 7.56. The van der Waals surface area contributed by atoms with E-state index in [1.54, 1.807) is 0 Å². The third-order valence-electron chi connectivity index (χ3n) is 5.56. The van der Waals surface area contributed by atoms with Gasteiger partial charge in [-0.3, -0.25) is 0 Å². The van der Waals surface area contributed by atoms with Gasteiger partial charge < -0.3 is 9.84 Å². The molecule has 2 atom stereocenters. The predicted octanol–water partition coefficient (Wildman–Crippen LogP) is 4.59. The number of hydrogen-bond donors (Lipinski definition) is 1. The number of carbonyl (C=O) groups excluding carboxylic acids is 1. The molecule has 2 fully saturated rings. The molecule has 0 aromatic carbocycles. The molecule has 0 heterocycles. The molecule has 0 radical (unpaired) electrons. The molecule has 0 bridgehead atoms. The monoisotopic (exact) mass is 350 g/mol. The quantitative estimate of drug-likeness (QED) is 0.555. The van der Waals surface area contributed by atoms with Crippen molar-refractivity contribution in [1.29, 1.82) is 0 Å². The molecule has 24 heavy (non-hydrogen) atoms. The van der Waals surface area contributed by atoms with E-state index in [0.717, 1.165) is 36.8 Å². The highest BCUT2D eigenvalue weighted by molar-refractivity contribution is 6.26. The first-order valence-corrected chi connectivity index (χ1v) is 9.63. The smallest absolute Gasteiger partial charge is 0.335 e. The minimum absolute atomic E-state index is 0.389. The lowest BCUT2D eigenvalue weighted by atomic mass is 9.76. The lowest BCUT2D eigenvalue weighted by Crippen LogP contribution is -2.34. The van der Waals surface area contributed by atoms with Gasteiger partial charge in [0, 0.05) is 0 Å². The van der Waals surface area contributed by atoms with Gasteiger partial charge in [0.15, 0.2) is 0 Å². The number of aliphatic hydroxyl groups is 1. The number of ether oxygens (including phenoxy) is 1. The predicted molar refractivity (Wildman–Crippen MR) is 96.0 cm³/mol. The maximum Gasteiger partial charge on any atom is 0.335 e. The summed E-state index contributed by atoms with van der Waals surface area (Å²) in [5.74, 6) is -0.435. The number of carbonyl (C=O) groups is 1. The molecule has 3 aliphatic carbocycles. The first kappa shape index (κ1) is 17.8. The Bertz CT molecular complexity index is 584. The van der Waals surface area contributed by atoms with Gasteiger partial charge in [0.2, 0.25) is 0 Å². The van der Waals surface area contributed by atoms with Crippen LogP contribution in [0.15, 0.2) is 33.9 Å². The Morgan fingerprint density at radius 1 is 1.04 bits per heavy atom. The first-order valence-electron chi connectivity index (χ1n) is 9.20. The Morgan fingerprint density at radius 2 is 1.58 bits per heavy atom. The Kier molecular flexibility index (Phi) is 5.83. The van der Waals surface area contributed by atoms with Crippen molar-refractivity contribution in [2.24, 2.45) is 0 Å². The van der Waals surface area contributed by atoms with E-state index in [0.29, 0.717) is 5.57 Å². The molecule has 2 saturated carbocycles. The van der Waals surface area contributed by atoms with E-state index in [-0.39, 0.29) is 0 Å². The minimum Gasteiger partial charge on any atom is -0.466 e. The van der Waals surface area contributed by atoms with Crippen LogP contribution in [0.2, 0.25) is 0 Å². The molecule has 0 aromatic rings. The molecule has 0 unspecified atom stereocenters. The number of hydrogen-bond acceptors (Lipinski definition) is 3. The fourth-order valence-corrected chi connectivity index (χ4v) is 4.54. The Hall–Kier alpha value is -1.06. The summed E-state index contributed by atoms with van der Waals surface area (Å²) >= 11 is 6.45. The summed E-state index contributed by atoms with van der Waals surface area (Å²) in [5.41, 5.74) is 5.20. The summed E-state index contributed by atoms with van der Waals surface area (Å²) in [5, 5.41) is 10.2. The van der Waals surface area contributed by atoms with Crippen molar-refractivity contribution >= 4 is 17.6 Å². The van der Waals surface area contributed by atoms with Crippen molar-refractivity contribution in [3.8, 4) is 0 Å². The summed E-state index contributed by atoms with van der Waals surface area (Å²) in [6.07, 6.45) is 12.5. The Balaban J connectivity index is 2.12. The number of aliphatic hydroxyl groups excluding tert-OH is 1. The van der Waals surface area contributed by atoms with Crippen LogP contribution in [0, 0.1) is 0 Å². The van der Waals surface area contributed by atoms with Gasteiger partial charge in [0.1, 0.15) is 6.10 Å². The summed E-state index contributed by atoms with van der Waals surface area (Å²) in [7, 11) is 1.36. The van der Waals surface area contributed by atoms with Crippen molar-refractivity contribution in [2.45, 2.75) is 75.7 Å². The SMILES string of the molecule is COC(=O)C1=CC(=C2CCCCC2)C(=C2CCCCC2)[C@@H](O)[C@@H]1Cl. The lowest BCUT2D eigenvalue weighted by Gasteiger charge is -2.33. The van der Waals surface area contributed by atoms with E-state index in [1.165, 1.54) is 56.8 Å². The molecule has 0 saturated heterocycles. The number of rotatable bonds is 1. The number of alkyl halides is 1. The zero-order chi connectivity index (χ0) is 17.1. The van der Waals surface area contributed by atoms with Crippen molar-refractivity contribution in [3.05, 3.63) is 33.9 Å². The third-order valence-corrected chi connectivity index (χ3v) is 6.03. The molecule has 1 N–H and O–H groups in total. The topological polar surface area (TPSA) is 46.5 Å². The molecule has 0 spiro atoms. The first-order chi connectivity index (χ1) is 11.6. The lowest BCUT2D eigenvalue weighted by molar-refractivity contribution is -0.136. The Labute approximate surface area is 149 Å². The van der Waals surface area contributed by atoms with Gasteiger partial charge in [-0.2, -0.15) is 0 Å². The van der Waals surface area contributed by atoms with E-state index in [1.807, 2.05) is 6.08 Å². The largest absolute Gasteiger partial charge is 0.466 e. The maximum atomic E-state index is 12.1. The molecule has 3 rings (SSSR count). The van der Waals surface area contributed by atoms with Gasteiger partial charge in [-0.05, 0) is 68.6 Å². The van der Waals surface area contributed by atoms with Gasteiger partial charge in [-0.1, -0.05) is 24.0 Å². The van der Waals surface area contributed by atoms with E-state index in [2.05, 4.69) is 0 Å². The number of methoxy groups -OCH3 is 1. The van der Waals surface area contributed by atoms with E-state index in [4.69, 9.17) is 16.3 Å². The van der Waals surface area contributed by atoms with E-state index >= 15 is 0 Å². The van der Waals surface area contributed by atoms with Crippen LogP contribution >= 0.6 is 11.6 Å². The van der Waals surface area contributed by atoms with Gasteiger partial charge in [0.05, 0.1) is 18.1 Å². The van der Waals surface area contributed by atoms with Crippen LogP contribution in [0.1, 0.15) is 64.2 Å². The number of esters is 1. The van der Waals surface area contributed by atoms with Crippen LogP contribution in [-0.4, -0.2) is 29.7 Å². The van der Waals surface area contributed by atoms with E-state index < -0.39 is 17.5 Å². The second-order valence-electron chi connectivity index (χ2n) is 7.09. The molecule has 0 aromatic heterocycles. The highest BCUT2D eigenvalue weighted by Crippen LogP contribution is 2.42. The van der Waals surface area contributed by atoms with Gasteiger partial charge in [-0.25, -0.2) is 4.79 Å². The van der Waals surface area contributed by atoms with Crippen molar-refractivity contribution in [3.63, 3.8) is 0 Å². The molecule has 3 nitrogen and oxygen atoms in total. The van der Waals surface area contributed by atoms with E-state index in [9.17, 15) is 9.90 Å². The summed E-state index contributed by atoms with van der Waals surface area (Å²) in [4.78, 5) is 12.1. The minimum atomic E-state index is -0.816. The van der Waals surface area contributed by atoms with Crippen LogP contribution in [0.25, 0.3) is 0 Å². The van der Waals surface area contributed by atoms with Crippen LogP contribution in [0.3, 0.4) is 0 Å². The highest BCUT2D eigenvalue weighted by atomic mass is 35.5. The standard InChI is InChI=1S/C20H27ClO3/c1-24-20(23)16-12-15(13-8-4-2-5-9-13)17(19(22)18(16)21)14-10-6-3-7-11-14/h12,18-19,22H,2-11H2,1H3/t18-,19-/m1/s1. The van der Waals surface area contributed by atoms with Gasteiger partial charge >= 0.3 is 5.97 Å². The van der Waals surface area contributed by atoms with Crippen molar-refractivity contribution < 1.29 is 14.6 Å². The average molecular weight is 351 g/mol. The fraction of sp³-hybridized carbons (Fsp3) is 0.650. The molecule has 132 valence electrons. The molecular formula is C20H27ClO3. The molecule has 4 heteroatoms. The van der Waals surface area contributed by atoms with Crippen LogP contribution < -0.4 is 0 Å². The third kappa shape index (κ3) is 3.48. The van der Waals surface area contributed by atoms with Crippen LogP contribution in [0.4, 0.5) is 0 Å². The molecule has 0 aliphatic heterocycles. The zero-order valence-electron chi connectivity index (χ0n) is 14.4. The van der Waals surface area contributed by atoms with Crippen molar-refractivity contribution in [1.82, 2.24) is 0 Å². The zero-order valence-corrected chi connectivity index (χ0v) is 15.2. The number of allylic oxidation sites excluding steroid dienone is 3. The maximum absolute atomic E-state index is 12.1. The number of halogens is 1. The van der Waals surface area contributed by atoms with Crippen molar-refractivity contribution in [2.75, 3.05) is 7.11 Å². The average Bonchev–Trinajstić information content (AvgIpc) is 2.64. The molecule has 0 amide bonds. The second kappa shape index (κ2) is 7.88. The fourth-order valence-electron chi connectivity index (χ4n) is 4.27. The summed E-state index contributed by atoms with van der Waals surface area (Å²) in [6.45, 7) is 0. The van der Waals surface area contributed by atoms with Gasteiger partial charge in [-0.15, -0.1) is 11.6 Å². The highest BCUT2D eigenvalue weighted by Gasteiger charge is 2.37. The summed E-state index contributed by atoms with van der Waals surface area (Å²) in [6, 6.07) is 0. The normalized spacial score (nSPS) is 28.7. The Morgan fingerprint density at radius 3 is 2.12 bits per heavy atom. The summed E-state index contributed by atoms with van der Waals surface area (Å²) < 4.78 is 4.88.